The number of carbonyl (C=O) groups excluding carboxylic acids is 1. The molecule has 0 aliphatic heterocycles. The highest BCUT2D eigenvalue weighted by atomic mass is 35.5. The summed E-state index contributed by atoms with van der Waals surface area (Å²) in [6, 6.07) is 0.689. The molecule has 3 nitrogen and oxygen atoms in total. The van der Waals surface area contributed by atoms with Crippen molar-refractivity contribution in [3.05, 3.63) is 35.1 Å². The fourth-order valence-electron chi connectivity index (χ4n) is 1.20. The Labute approximate surface area is 102 Å². The van der Waals surface area contributed by atoms with Crippen molar-refractivity contribution in [3.63, 3.8) is 0 Å². The Balaban J connectivity index is 0.00000256. The number of hydrogen-bond donors (Lipinski definition) is 1. The van der Waals surface area contributed by atoms with Gasteiger partial charge in [0.25, 0.3) is 0 Å². The second-order valence-corrected chi connectivity index (χ2v) is 3.15. The maximum Gasteiger partial charge on any atom is 0.307 e. The monoisotopic (exact) mass is 269 g/mol. The summed E-state index contributed by atoms with van der Waals surface area (Å²) in [4.78, 5) is 10.9. The molecular formula is C10H11ClF3NO2. The van der Waals surface area contributed by atoms with E-state index in [1.54, 1.807) is 0 Å². The topological polar surface area (TPSA) is 52.3 Å². The van der Waals surface area contributed by atoms with Gasteiger partial charge in [-0.05, 0) is 6.07 Å². The summed E-state index contributed by atoms with van der Waals surface area (Å²) in [5.41, 5.74) is 5.20. The van der Waals surface area contributed by atoms with E-state index in [2.05, 4.69) is 4.74 Å². The van der Waals surface area contributed by atoms with Crippen LogP contribution >= 0.6 is 12.4 Å². The molecular weight excluding hydrogens is 259 g/mol. The van der Waals surface area contributed by atoms with Crippen molar-refractivity contribution in [3.8, 4) is 0 Å². The molecule has 0 saturated heterocycles. The van der Waals surface area contributed by atoms with Gasteiger partial charge in [-0.2, -0.15) is 0 Å². The molecule has 0 aromatic heterocycles. The van der Waals surface area contributed by atoms with Crippen molar-refractivity contribution in [2.75, 3.05) is 7.11 Å². The molecule has 0 radical (unpaired) electrons. The number of nitrogens with two attached hydrogens (primary N) is 1. The molecule has 0 bridgehead atoms. The maximum absolute atomic E-state index is 13.2. The van der Waals surface area contributed by atoms with E-state index in [0.717, 1.165) is 19.2 Å². The smallest absolute Gasteiger partial charge is 0.307 e. The third-order valence-electron chi connectivity index (χ3n) is 2.08. The average Bonchev–Trinajstić information content (AvgIpc) is 2.25. The summed E-state index contributed by atoms with van der Waals surface area (Å²) in [6.45, 7) is 0. The predicted octanol–water partition coefficient (Wildman–Crippen LogP) is 2.09. The Morgan fingerprint density at radius 3 is 2.47 bits per heavy atom. The number of methoxy groups -OCH3 is 1. The van der Waals surface area contributed by atoms with Crippen LogP contribution in [0.3, 0.4) is 0 Å². The molecule has 0 aliphatic carbocycles. The highest BCUT2D eigenvalue weighted by Gasteiger charge is 2.20. The van der Waals surface area contributed by atoms with Crippen LogP contribution in [-0.4, -0.2) is 13.1 Å². The van der Waals surface area contributed by atoms with E-state index in [1.165, 1.54) is 0 Å². The Bertz CT molecular complexity index is 415. The van der Waals surface area contributed by atoms with Crippen molar-refractivity contribution < 1.29 is 22.7 Å². The SMILES string of the molecule is COC(=O)C[C@@H](N)c1ccc(F)c(F)c1F.Cl. The molecule has 0 aliphatic rings. The zero-order chi connectivity index (χ0) is 12.3. The highest BCUT2D eigenvalue weighted by molar-refractivity contribution is 5.85. The van der Waals surface area contributed by atoms with E-state index in [9.17, 15) is 18.0 Å². The van der Waals surface area contributed by atoms with E-state index >= 15 is 0 Å². The number of carbonyl (C=O) groups is 1. The summed E-state index contributed by atoms with van der Waals surface area (Å²) >= 11 is 0. The number of benzene rings is 1. The second-order valence-electron chi connectivity index (χ2n) is 3.15. The fraction of sp³-hybridized carbons (Fsp3) is 0.300. The van der Waals surface area contributed by atoms with Gasteiger partial charge in [-0.3, -0.25) is 4.79 Å². The van der Waals surface area contributed by atoms with Crippen LogP contribution in [-0.2, 0) is 9.53 Å². The third kappa shape index (κ3) is 3.61. The first-order valence-electron chi connectivity index (χ1n) is 4.43. The number of rotatable bonds is 3. The quantitative estimate of drug-likeness (QED) is 0.675. The molecule has 0 saturated carbocycles. The van der Waals surface area contributed by atoms with Crippen LogP contribution in [0, 0.1) is 17.5 Å². The minimum absolute atomic E-state index is 0. The molecule has 1 rings (SSSR count). The number of halogens is 4. The molecule has 1 aromatic rings. The number of esters is 1. The Morgan fingerprint density at radius 2 is 1.94 bits per heavy atom. The lowest BCUT2D eigenvalue weighted by Crippen LogP contribution is -2.18. The summed E-state index contributed by atoms with van der Waals surface area (Å²) in [7, 11) is 1.15. The van der Waals surface area contributed by atoms with Gasteiger partial charge in [-0.1, -0.05) is 6.07 Å². The average molecular weight is 270 g/mol. The lowest BCUT2D eigenvalue weighted by atomic mass is 10.0. The van der Waals surface area contributed by atoms with E-state index in [-0.39, 0.29) is 24.4 Å². The molecule has 2 N–H and O–H groups in total. The molecule has 96 valence electrons. The summed E-state index contributed by atoms with van der Waals surface area (Å²) in [6.07, 6.45) is -0.307. The Kier molecular flexibility index (Phi) is 5.98. The fourth-order valence-corrected chi connectivity index (χ4v) is 1.20. The van der Waals surface area contributed by atoms with Crippen LogP contribution in [0.25, 0.3) is 0 Å². The van der Waals surface area contributed by atoms with Gasteiger partial charge >= 0.3 is 5.97 Å². The van der Waals surface area contributed by atoms with Crippen molar-refractivity contribution in [2.24, 2.45) is 5.73 Å². The summed E-state index contributed by atoms with van der Waals surface area (Å²) in [5, 5.41) is 0. The Hall–Kier alpha value is -1.27. The van der Waals surface area contributed by atoms with Crippen LogP contribution in [0.4, 0.5) is 13.2 Å². The van der Waals surface area contributed by atoms with Gasteiger partial charge < -0.3 is 10.5 Å². The molecule has 0 spiro atoms. The van der Waals surface area contributed by atoms with Crippen LogP contribution < -0.4 is 5.73 Å². The molecule has 0 unspecified atom stereocenters. The van der Waals surface area contributed by atoms with Crippen LogP contribution in [0.1, 0.15) is 18.0 Å². The first kappa shape index (κ1) is 15.7. The minimum atomic E-state index is -1.60. The van der Waals surface area contributed by atoms with Gasteiger partial charge in [-0.15, -0.1) is 12.4 Å². The first-order chi connectivity index (χ1) is 7.47. The lowest BCUT2D eigenvalue weighted by molar-refractivity contribution is -0.141. The van der Waals surface area contributed by atoms with Crippen molar-refractivity contribution in [2.45, 2.75) is 12.5 Å². The van der Waals surface area contributed by atoms with Crippen molar-refractivity contribution in [1.82, 2.24) is 0 Å². The molecule has 17 heavy (non-hydrogen) atoms. The third-order valence-corrected chi connectivity index (χ3v) is 2.08. The van der Waals surface area contributed by atoms with Gasteiger partial charge in [-0.25, -0.2) is 13.2 Å². The molecule has 0 amide bonds. The molecule has 1 aromatic carbocycles. The highest BCUT2D eigenvalue weighted by Crippen LogP contribution is 2.22. The van der Waals surface area contributed by atoms with E-state index < -0.39 is 29.5 Å². The van der Waals surface area contributed by atoms with Crippen molar-refractivity contribution in [1.29, 1.82) is 0 Å². The van der Waals surface area contributed by atoms with Gasteiger partial charge in [0.15, 0.2) is 17.5 Å². The van der Waals surface area contributed by atoms with Gasteiger partial charge in [0.1, 0.15) is 0 Å². The second kappa shape index (κ2) is 6.46. The van der Waals surface area contributed by atoms with Crippen LogP contribution in [0.15, 0.2) is 12.1 Å². The first-order valence-corrected chi connectivity index (χ1v) is 4.43. The molecule has 0 heterocycles. The predicted molar refractivity (Wildman–Crippen MR) is 57.1 cm³/mol. The van der Waals surface area contributed by atoms with Crippen LogP contribution in [0.5, 0.6) is 0 Å². The zero-order valence-electron chi connectivity index (χ0n) is 8.88. The molecule has 7 heteroatoms. The maximum atomic E-state index is 13.2. The van der Waals surface area contributed by atoms with Gasteiger partial charge in [0, 0.05) is 11.6 Å². The van der Waals surface area contributed by atoms with Gasteiger partial charge in [0.2, 0.25) is 0 Å². The summed E-state index contributed by atoms with van der Waals surface area (Å²) in [5.74, 6) is -4.93. The number of hydrogen-bond acceptors (Lipinski definition) is 3. The number of ether oxygens (including phenoxy) is 1. The van der Waals surface area contributed by atoms with E-state index in [0.29, 0.717) is 0 Å². The minimum Gasteiger partial charge on any atom is -0.469 e. The zero-order valence-corrected chi connectivity index (χ0v) is 9.69. The van der Waals surface area contributed by atoms with E-state index in [1.807, 2.05) is 0 Å². The largest absolute Gasteiger partial charge is 0.469 e. The molecule has 1 atom stereocenters. The Morgan fingerprint density at radius 1 is 1.35 bits per heavy atom. The summed E-state index contributed by atoms with van der Waals surface area (Å²) < 4.78 is 43.0. The lowest BCUT2D eigenvalue weighted by Gasteiger charge is -2.12. The molecule has 0 fully saturated rings. The normalized spacial score (nSPS) is 11.6. The van der Waals surface area contributed by atoms with Gasteiger partial charge in [0.05, 0.1) is 13.5 Å². The van der Waals surface area contributed by atoms with E-state index in [4.69, 9.17) is 5.73 Å². The standard InChI is InChI=1S/C10H10F3NO2.ClH/c1-16-8(15)4-7(14)5-2-3-6(11)10(13)9(5)12;/h2-3,7H,4,14H2,1H3;1H/t7-;/m1./s1. The van der Waals surface area contributed by atoms with Crippen molar-refractivity contribution >= 4 is 18.4 Å². The van der Waals surface area contributed by atoms with Crippen LogP contribution in [0.2, 0.25) is 0 Å².